The lowest BCUT2D eigenvalue weighted by atomic mass is 9.53. The van der Waals surface area contributed by atoms with E-state index < -0.39 is 0 Å². The molecule has 3 N–H and O–H groups in total. The summed E-state index contributed by atoms with van der Waals surface area (Å²) in [5, 5.41) is 4.03. The number of amides is 1. The lowest BCUT2D eigenvalue weighted by molar-refractivity contribution is -0.117. The van der Waals surface area contributed by atoms with Crippen molar-refractivity contribution in [3.63, 3.8) is 0 Å². The van der Waals surface area contributed by atoms with Crippen LogP contribution in [0.25, 0.3) is 6.08 Å². The highest BCUT2D eigenvalue weighted by Crippen LogP contribution is 2.55. The highest BCUT2D eigenvalue weighted by Gasteiger charge is 2.51. The number of thiocarbonyl (C=S) groups is 1. The fraction of sp³-hybridized carbons (Fsp3) is 0.583. The minimum Gasteiger partial charge on any atom is -0.496 e. The van der Waals surface area contributed by atoms with Gasteiger partial charge < -0.3 is 19.5 Å². The van der Waals surface area contributed by atoms with Gasteiger partial charge in [0.15, 0.2) is 16.6 Å². The monoisotopic (exact) mass is 459 g/mol. The van der Waals surface area contributed by atoms with E-state index in [-0.39, 0.29) is 11.4 Å². The van der Waals surface area contributed by atoms with Crippen LogP contribution < -0.4 is 30.4 Å². The third-order valence-corrected chi connectivity index (χ3v) is 7.38. The van der Waals surface area contributed by atoms with E-state index in [9.17, 15) is 4.79 Å². The molecule has 4 saturated carbocycles. The number of carbonyl (C=O) groups excluding carboxylic acids is 1. The van der Waals surface area contributed by atoms with Crippen molar-refractivity contribution in [3.8, 4) is 17.2 Å². The molecule has 4 aliphatic carbocycles. The first-order valence-corrected chi connectivity index (χ1v) is 11.6. The highest BCUT2D eigenvalue weighted by molar-refractivity contribution is 7.80. The Morgan fingerprint density at radius 3 is 2.00 bits per heavy atom. The van der Waals surface area contributed by atoms with Crippen molar-refractivity contribution in [2.45, 2.75) is 51.0 Å². The normalized spacial score (nSPS) is 28.1. The third kappa shape index (κ3) is 4.65. The number of ether oxygens (including phenoxy) is 3. The molecule has 0 unspecified atom stereocenters. The molecule has 4 aliphatic rings. The summed E-state index contributed by atoms with van der Waals surface area (Å²) >= 11 is 5.52. The molecule has 8 heteroatoms. The molecule has 0 radical (unpaired) electrons. The number of hydrogen-bond acceptors (Lipinski definition) is 5. The Kier molecular flexibility index (Phi) is 6.51. The Morgan fingerprint density at radius 2 is 1.47 bits per heavy atom. The van der Waals surface area contributed by atoms with Gasteiger partial charge in [0.2, 0.25) is 0 Å². The molecule has 0 saturated heterocycles. The minimum atomic E-state index is -0.267. The van der Waals surface area contributed by atoms with Crippen LogP contribution in [-0.4, -0.2) is 37.9 Å². The largest absolute Gasteiger partial charge is 0.496 e. The molecular formula is C24H33N3O4S. The van der Waals surface area contributed by atoms with Crippen molar-refractivity contribution in [1.29, 1.82) is 0 Å². The van der Waals surface area contributed by atoms with Crippen molar-refractivity contribution in [2.75, 3.05) is 21.3 Å². The predicted octanol–water partition coefficient (Wildman–Crippen LogP) is 3.58. The molecule has 0 heterocycles. The summed E-state index contributed by atoms with van der Waals surface area (Å²) in [6.45, 7) is 1.74. The third-order valence-electron chi connectivity index (χ3n) is 7.17. The first kappa shape index (κ1) is 22.7. The van der Waals surface area contributed by atoms with E-state index in [0.29, 0.717) is 33.5 Å². The van der Waals surface area contributed by atoms with Gasteiger partial charge in [-0.15, -0.1) is 0 Å². The van der Waals surface area contributed by atoms with Crippen molar-refractivity contribution in [2.24, 2.45) is 17.8 Å². The van der Waals surface area contributed by atoms with Crippen LogP contribution in [0.4, 0.5) is 0 Å². The maximum atomic E-state index is 12.7. The van der Waals surface area contributed by atoms with Gasteiger partial charge in [-0.25, -0.2) is 0 Å². The van der Waals surface area contributed by atoms with Crippen molar-refractivity contribution >= 4 is 29.3 Å². The van der Waals surface area contributed by atoms with Gasteiger partial charge in [0.25, 0.3) is 5.91 Å². The van der Waals surface area contributed by atoms with Crippen LogP contribution in [0.5, 0.6) is 17.2 Å². The van der Waals surface area contributed by atoms with E-state index in [0.717, 1.165) is 17.8 Å². The van der Waals surface area contributed by atoms with Gasteiger partial charge in [-0.2, -0.15) is 0 Å². The second kappa shape index (κ2) is 9.17. The van der Waals surface area contributed by atoms with Crippen molar-refractivity contribution < 1.29 is 19.0 Å². The number of hydrogen-bond donors (Lipinski definition) is 3. The first-order valence-electron chi connectivity index (χ1n) is 11.2. The molecular weight excluding hydrogens is 426 g/mol. The number of benzene rings is 1. The molecule has 1 amide bonds. The molecule has 4 fully saturated rings. The van der Waals surface area contributed by atoms with Gasteiger partial charge in [-0.05, 0) is 87.6 Å². The predicted molar refractivity (Wildman–Crippen MR) is 128 cm³/mol. The Balaban J connectivity index is 1.37. The number of hydrazine groups is 1. The van der Waals surface area contributed by atoms with E-state index in [1.54, 1.807) is 46.5 Å². The maximum Gasteiger partial charge on any atom is 0.265 e. The topological polar surface area (TPSA) is 80.9 Å². The zero-order chi connectivity index (χ0) is 22.9. The fourth-order valence-corrected chi connectivity index (χ4v) is 6.48. The minimum absolute atomic E-state index is 0.0987. The van der Waals surface area contributed by atoms with Crippen LogP contribution in [-0.2, 0) is 4.79 Å². The summed E-state index contributed by atoms with van der Waals surface area (Å²) in [5.41, 5.74) is 6.93. The van der Waals surface area contributed by atoms with E-state index in [2.05, 4.69) is 16.2 Å². The first-order chi connectivity index (χ1) is 15.3. The van der Waals surface area contributed by atoms with Gasteiger partial charge in [0, 0.05) is 22.7 Å². The van der Waals surface area contributed by atoms with E-state index in [1.165, 1.54) is 38.5 Å². The second-order valence-electron chi connectivity index (χ2n) is 9.51. The summed E-state index contributed by atoms with van der Waals surface area (Å²) in [7, 11) is 4.71. The zero-order valence-corrected chi connectivity index (χ0v) is 20.1. The number of carbonyl (C=O) groups is 1. The highest BCUT2D eigenvalue weighted by atomic mass is 32.1. The summed E-state index contributed by atoms with van der Waals surface area (Å²) in [4.78, 5) is 12.7. The molecule has 32 heavy (non-hydrogen) atoms. The van der Waals surface area contributed by atoms with Crippen molar-refractivity contribution in [3.05, 3.63) is 23.3 Å². The van der Waals surface area contributed by atoms with Gasteiger partial charge in [0.1, 0.15) is 5.75 Å². The van der Waals surface area contributed by atoms with Crippen molar-refractivity contribution in [1.82, 2.24) is 16.2 Å². The Morgan fingerprint density at radius 1 is 0.938 bits per heavy atom. The van der Waals surface area contributed by atoms with Crippen LogP contribution in [0.2, 0.25) is 0 Å². The second-order valence-corrected chi connectivity index (χ2v) is 9.92. The maximum absolute atomic E-state index is 12.7. The molecule has 174 valence electrons. The summed E-state index contributed by atoms with van der Waals surface area (Å²) in [6, 6.07) is 3.51. The fourth-order valence-electron chi connectivity index (χ4n) is 6.21. The van der Waals surface area contributed by atoms with Crippen LogP contribution in [0, 0.1) is 17.8 Å². The Labute approximate surface area is 195 Å². The number of rotatable bonds is 6. The smallest absolute Gasteiger partial charge is 0.265 e. The van der Waals surface area contributed by atoms with E-state index in [1.807, 2.05) is 0 Å². The lowest BCUT2D eigenvalue weighted by Crippen LogP contribution is -2.62. The van der Waals surface area contributed by atoms with Gasteiger partial charge >= 0.3 is 0 Å². The standard InChI is InChI=1S/C24H33N3O4S/c1-14(5-18-9-20(30-3)21(31-4)10-19(18)29-2)22(28)26-27-23(32)25-24-11-15-6-16(12-24)8-17(7-15)13-24/h5,9-10,15-17H,6-8,11-13H2,1-4H3,(H,26,28)(H2,25,27,32). The summed E-state index contributed by atoms with van der Waals surface area (Å²) in [5.74, 6) is 3.92. The molecule has 1 aromatic rings. The zero-order valence-electron chi connectivity index (χ0n) is 19.2. The molecule has 5 rings (SSSR count). The molecule has 7 nitrogen and oxygen atoms in total. The molecule has 4 bridgehead atoms. The number of nitrogens with one attached hydrogen (secondary N) is 3. The number of methoxy groups -OCH3 is 3. The van der Waals surface area contributed by atoms with Crippen LogP contribution in [0.15, 0.2) is 17.7 Å². The van der Waals surface area contributed by atoms with Crippen LogP contribution in [0.3, 0.4) is 0 Å². The SMILES string of the molecule is COc1cc(OC)c(OC)cc1C=C(C)C(=O)NNC(=S)NC12CC3CC(CC(C3)C1)C2. The molecule has 0 aliphatic heterocycles. The molecule has 0 atom stereocenters. The molecule has 0 aromatic heterocycles. The molecule has 0 spiro atoms. The van der Waals surface area contributed by atoms with E-state index in [4.69, 9.17) is 26.4 Å². The van der Waals surface area contributed by atoms with Gasteiger partial charge in [-0.3, -0.25) is 15.6 Å². The average molecular weight is 460 g/mol. The van der Waals surface area contributed by atoms with E-state index >= 15 is 0 Å². The van der Waals surface area contributed by atoms with Crippen LogP contribution in [0.1, 0.15) is 51.0 Å². The average Bonchev–Trinajstić information content (AvgIpc) is 2.75. The summed E-state index contributed by atoms with van der Waals surface area (Å²) < 4.78 is 16.1. The lowest BCUT2D eigenvalue weighted by Gasteiger charge is -2.57. The van der Waals surface area contributed by atoms with Crippen LogP contribution >= 0.6 is 12.2 Å². The van der Waals surface area contributed by atoms with Gasteiger partial charge in [-0.1, -0.05) is 0 Å². The molecule has 1 aromatic carbocycles. The Bertz CT molecular complexity index is 895. The summed E-state index contributed by atoms with van der Waals surface area (Å²) in [6.07, 6.45) is 9.43. The van der Waals surface area contributed by atoms with Gasteiger partial charge in [0.05, 0.1) is 21.3 Å². The quantitative estimate of drug-likeness (QED) is 0.341. The Hall–Kier alpha value is -2.48.